The van der Waals surface area contributed by atoms with Gasteiger partial charge in [-0.2, -0.15) is 5.10 Å². The largest absolute Gasteiger partial charge is 0.387 e. The molecule has 0 radical (unpaired) electrons. The highest BCUT2D eigenvalue weighted by molar-refractivity contribution is 5.17. The van der Waals surface area contributed by atoms with Gasteiger partial charge in [0.1, 0.15) is 0 Å². The van der Waals surface area contributed by atoms with Crippen molar-refractivity contribution in [1.29, 1.82) is 0 Å². The van der Waals surface area contributed by atoms with Crippen LogP contribution >= 0.6 is 0 Å². The average molecular weight is 300 g/mol. The van der Waals surface area contributed by atoms with E-state index in [4.69, 9.17) is 0 Å². The van der Waals surface area contributed by atoms with Gasteiger partial charge in [0.05, 0.1) is 12.3 Å². The summed E-state index contributed by atoms with van der Waals surface area (Å²) in [6, 6.07) is 9.91. The number of nitrogens with zero attached hydrogens (tertiary/aromatic N) is 4. The molecule has 2 aromatic rings. The Bertz CT molecular complexity index is 575. The first-order valence-electron chi connectivity index (χ1n) is 7.86. The van der Waals surface area contributed by atoms with Crippen LogP contribution in [-0.2, 0) is 13.6 Å². The Labute approximate surface area is 131 Å². The van der Waals surface area contributed by atoms with Crippen LogP contribution in [0.15, 0.2) is 42.7 Å². The van der Waals surface area contributed by atoms with Crippen molar-refractivity contribution in [2.24, 2.45) is 7.05 Å². The molecule has 22 heavy (non-hydrogen) atoms. The van der Waals surface area contributed by atoms with E-state index < -0.39 is 6.10 Å². The van der Waals surface area contributed by atoms with Crippen molar-refractivity contribution in [2.75, 3.05) is 32.7 Å². The summed E-state index contributed by atoms with van der Waals surface area (Å²) in [6.07, 6.45) is 3.61. The van der Waals surface area contributed by atoms with Gasteiger partial charge in [-0.05, 0) is 5.56 Å². The van der Waals surface area contributed by atoms with Crippen LogP contribution in [0.1, 0.15) is 17.2 Å². The predicted octanol–water partition coefficient (Wildman–Crippen LogP) is 1.27. The predicted molar refractivity (Wildman–Crippen MR) is 86.3 cm³/mol. The molecule has 0 saturated carbocycles. The van der Waals surface area contributed by atoms with E-state index in [1.165, 1.54) is 5.56 Å². The lowest BCUT2D eigenvalue weighted by Gasteiger charge is -2.35. The van der Waals surface area contributed by atoms with Crippen LogP contribution in [-0.4, -0.2) is 57.4 Å². The minimum Gasteiger partial charge on any atom is -0.387 e. The van der Waals surface area contributed by atoms with Gasteiger partial charge < -0.3 is 5.11 Å². The van der Waals surface area contributed by atoms with Gasteiger partial charge in [0.15, 0.2) is 0 Å². The maximum absolute atomic E-state index is 10.3. The maximum atomic E-state index is 10.3. The van der Waals surface area contributed by atoms with Crippen LogP contribution in [0.5, 0.6) is 0 Å². The molecule has 1 aromatic heterocycles. The average Bonchev–Trinajstić information content (AvgIpc) is 2.95. The second-order valence-electron chi connectivity index (χ2n) is 6.03. The number of aliphatic hydroxyl groups is 1. The number of aliphatic hydroxyl groups excluding tert-OH is 1. The van der Waals surface area contributed by atoms with Crippen molar-refractivity contribution < 1.29 is 5.11 Å². The SMILES string of the molecule is Cn1cc(CN2CCN(CC(O)c3ccccc3)CC2)cn1. The Kier molecular flexibility index (Phi) is 4.87. The minimum absolute atomic E-state index is 0.397. The second-order valence-corrected chi connectivity index (χ2v) is 6.03. The topological polar surface area (TPSA) is 44.5 Å². The molecule has 0 spiro atoms. The van der Waals surface area contributed by atoms with Crippen molar-refractivity contribution in [2.45, 2.75) is 12.6 Å². The lowest BCUT2D eigenvalue weighted by atomic mass is 10.1. The lowest BCUT2D eigenvalue weighted by Crippen LogP contribution is -2.47. The molecular weight excluding hydrogens is 276 g/mol. The third-order valence-electron chi connectivity index (χ3n) is 4.24. The molecule has 1 saturated heterocycles. The molecule has 1 aromatic carbocycles. The summed E-state index contributed by atoms with van der Waals surface area (Å²) >= 11 is 0. The summed E-state index contributed by atoms with van der Waals surface area (Å²) in [5, 5.41) is 14.5. The summed E-state index contributed by atoms with van der Waals surface area (Å²) in [6.45, 7) is 5.76. The highest BCUT2D eigenvalue weighted by Crippen LogP contribution is 2.15. The van der Waals surface area contributed by atoms with Gasteiger partial charge in [0.25, 0.3) is 0 Å². The molecule has 5 heteroatoms. The Morgan fingerprint density at radius 1 is 1.09 bits per heavy atom. The highest BCUT2D eigenvalue weighted by atomic mass is 16.3. The third kappa shape index (κ3) is 3.94. The van der Waals surface area contributed by atoms with Gasteiger partial charge in [-0.3, -0.25) is 14.5 Å². The highest BCUT2D eigenvalue weighted by Gasteiger charge is 2.20. The zero-order valence-electron chi connectivity index (χ0n) is 13.1. The van der Waals surface area contributed by atoms with Gasteiger partial charge in [-0.25, -0.2) is 0 Å². The van der Waals surface area contributed by atoms with Crippen LogP contribution < -0.4 is 0 Å². The molecule has 1 unspecified atom stereocenters. The third-order valence-corrected chi connectivity index (χ3v) is 4.24. The smallest absolute Gasteiger partial charge is 0.0916 e. The molecule has 118 valence electrons. The molecule has 5 nitrogen and oxygen atoms in total. The Morgan fingerprint density at radius 2 is 1.77 bits per heavy atom. The standard InChI is InChI=1S/C17H24N4O/c1-19-12-15(11-18-19)13-20-7-9-21(10-8-20)14-17(22)16-5-3-2-4-6-16/h2-6,11-12,17,22H,7-10,13-14H2,1H3. The van der Waals surface area contributed by atoms with Gasteiger partial charge in [-0.1, -0.05) is 30.3 Å². The quantitative estimate of drug-likeness (QED) is 0.903. The van der Waals surface area contributed by atoms with E-state index in [0.717, 1.165) is 38.3 Å². The molecule has 1 fully saturated rings. The van der Waals surface area contributed by atoms with Crippen molar-refractivity contribution in [3.63, 3.8) is 0 Å². The summed E-state index contributed by atoms with van der Waals surface area (Å²) in [4.78, 5) is 4.79. The normalized spacial score (nSPS) is 18.5. The van der Waals surface area contributed by atoms with Gasteiger partial charge >= 0.3 is 0 Å². The second kappa shape index (κ2) is 7.05. The van der Waals surface area contributed by atoms with Gasteiger partial charge in [0.2, 0.25) is 0 Å². The number of aryl methyl sites for hydroxylation is 1. The Morgan fingerprint density at radius 3 is 2.41 bits per heavy atom. The van der Waals surface area contributed by atoms with E-state index in [-0.39, 0.29) is 0 Å². The number of hydrogen-bond acceptors (Lipinski definition) is 4. The molecule has 2 heterocycles. The zero-order valence-corrected chi connectivity index (χ0v) is 13.1. The van der Waals surface area contributed by atoms with E-state index >= 15 is 0 Å². The van der Waals surface area contributed by atoms with Gasteiger partial charge in [-0.15, -0.1) is 0 Å². The number of β-amino-alcohol motifs (C(OH)–C–C–N with tert-alkyl or cyclic N) is 1. The van der Waals surface area contributed by atoms with E-state index in [2.05, 4.69) is 21.1 Å². The molecule has 0 aliphatic carbocycles. The number of aromatic nitrogens is 2. The molecule has 1 atom stereocenters. The fourth-order valence-electron chi connectivity index (χ4n) is 2.97. The number of hydrogen-bond donors (Lipinski definition) is 1. The van der Waals surface area contributed by atoms with Crippen molar-refractivity contribution >= 4 is 0 Å². The molecule has 1 aliphatic heterocycles. The molecule has 1 aliphatic rings. The Hall–Kier alpha value is -1.69. The molecule has 0 bridgehead atoms. The fourth-order valence-corrected chi connectivity index (χ4v) is 2.97. The molecule has 3 rings (SSSR count). The first kappa shape index (κ1) is 15.2. The van der Waals surface area contributed by atoms with E-state index in [9.17, 15) is 5.11 Å². The Balaban J connectivity index is 1.45. The summed E-state index contributed by atoms with van der Waals surface area (Å²) in [5.41, 5.74) is 2.26. The van der Waals surface area contributed by atoms with E-state index in [0.29, 0.717) is 6.54 Å². The van der Waals surface area contributed by atoms with Gasteiger partial charge in [0, 0.05) is 58.1 Å². The summed E-state index contributed by atoms with van der Waals surface area (Å²) < 4.78 is 1.85. The van der Waals surface area contributed by atoms with Crippen LogP contribution in [0.4, 0.5) is 0 Å². The van der Waals surface area contributed by atoms with E-state index in [1.807, 2.05) is 48.3 Å². The summed E-state index contributed by atoms with van der Waals surface area (Å²) in [5.74, 6) is 0. The zero-order chi connectivity index (χ0) is 15.4. The first-order chi connectivity index (χ1) is 10.7. The molecule has 1 N–H and O–H groups in total. The minimum atomic E-state index is -0.397. The van der Waals surface area contributed by atoms with Crippen LogP contribution in [0, 0.1) is 0 Å². The number of rotatable bonds is 5. The van der Waals surface area contributed by atoms with Crippen LogP contribution in [0.2, 0.25) is 0 Å². The summed E-state index contributed by atoms with van der Waals surface area (Å²) in [7, 11) is 1.95. The molecular formula is C17H24N4O. The van der Waals surface area contributed by atoms with Crippen LogP contribution in [0.25, 0.3) is 0 Å². The van der Waals surface area contributed by atoms with Crippen molar-refractivity contribution in [3.05, 3.63) is 53.9 Å². The van der Waals surface area contributed by atoms with E-state index in [1.54, 1.807) is 0 Å². The van der Waals surface area contributed by atoms with Crippen molar-refractivity contribution in [1.82, 2.24) is 19.6 Å². The number of piperazine rings is 1. The van der Waals surface area contributed by atoms with Crippen molar-refractivity contribution in [3.8, 4) is 0 Å². The fraction of sp³-hybridized carbons (Fsp3) is 0.471. The molecule has 0 amide bonds. The lowest BCUT2D eigenvalue weighted by molar-refractivity contribution is 0.0701. The number of benzene rings is 1. The maximum Gasteiger partial charge on any atom is 0.0916 e. The van der Waals surface area contributed by atoms with Crippen LogP contribution in [0.3, 0.4) is 0 Å². The monoisotopic (exact) mass is 300 g/mol. The first-order valence-corrected chi connectivity index (χ1v) is 7.86.